The number of pyridine rings is 1. The minimum atomic E-state index is 0.204. The van der Waals surface area contributed by atoms with Gasteiger partial charge in [-0.05, 0) is 12.0 Å². The first-order chi connectivity index (χ1) is 6.15. The monoisotopic (exact) mass is 172 g/mol. The summed E-state index contributed by atoms with van der Waals surface area (Å²) >= 11 is 0. The lowest BCUT2D eigenvalue weighted by Gasteiger charge is -2.06. The van der Waals surface area contributed by atoms with Gasteiger partial charge in [0.15, 0.2) is 0 Å². The summed E-state index contributed by atoms with van der Waals surface area (Å²) in [6.07, 6.45) is 8.53. The van der Waals surface area contributed by atoms with E-state index in [0.717, 1.165) is 11.1 Å². The van der Waals surface area contributed by atoms with Gasteiger partial charge in [0.2, 0.25) is 0 Å². The molecule has 2 nitrogen and oxygen atoms in total. The van der Waals surface area contributed by atoms with E-state index >= 15 is 0 Å². The van der Waals surface area contributed by atoms with Gasteiger partial charge in [0.05, 0.1) is 0 Å². The summed E-state index contributed by atoms with van der Waals surface area (Å²) in [7, 11) is 0. The molecule has 0 fully saturated rings. The third kappa shape index (κ3) is 2.16. The molecule has 0 aromatic carbocycles. The summed E-state index contributed by atoms with van der Waals surface area (Å²) in [6.45, 7) is 3.95. The number of aromatic nitrogens is 1. The lowest BCUT2D eigenvalue weighted by atomic mass is 10.0. The van der Waals surface area contributed by atoms with Gasteiger partial charge in [-0.2, -0.15) is 0 Å². The molecule has 1 N–H and O–H groups in total. The molecule has 0 saturated heterocycles. The molecule has 0 aliphatic carbocycles. The molecule has 0 amide bonds. The fourth-order valence-corrected chi connectivity index (χ4v) is 0.999. The van der Waals surface area contributed by atoms with E-state index in [9.17, 15) is 0 Å². The minimum Gasteiger partial charge on any atom is -0.304 e. The Hall–Kier alpha value is -1.62. The van der Waals surface area contributed by atoms with Crippen LogP contribution in [0, 0.1) is 23.7 Å². The maximum atomic E-state index is 7.75. The number of nitrogens with zero attached hydrogens (tertiary/aromatic N) is 1. The van der Waals surface area contributed by atoms with Crippen LogP contribution in [-0.4, -0.2) is 10.7 Å². The zero-order valence-corrected chi connectivity index (χ0v) is 7.83. The molecule has 1 heterocycles. The molecular weight excluding hydrogens is 160 g/mol. The van der Waals surface area contributed by atoms with E-state index in [0.29, 0.717) is 5.71 Å². The Morgan fingerprint density at radius 3 is 2.77 bits per heavy atom. The first-order valence-electron chi connectivity index (χ1n) is 4.15. The van der Waals surface area contributed by atoms with Crippen LogP contribution >= 0.6 is 0 Å². The highest BCUT2D eigenvalue weighted by Gasteiger charge is 2.06. The molecule has 0 aliphatic rings. The highest BCUT2D eigenvalue weighted by Crippen LogP contribution is 2.08. The number of rotatable bonds is 2. The molecule has 66 valence electrons. The predicted octanol–water partition coefficient (Wildman–Crippen LogP) is 2.09. The van der Waals surface area contributed by atoms with Gasteiger partial charge in [0.25, 0.3) is 0 Å². The van der Waals surface area contributed by atoms with Crippen molar-refractivity contribution >= 4 is 5.71 Å². The van der Waals surface area contributed by atoms with E-state index in [2.05, 4.69) is 10.9 Å². The third-order valence-electron chi connectivity index (χ3n) is 1.79. The van der Waals surface area contributed by atoms with Crippen LogP contribution in [0.1, 0.15) is 25.0 Å². The SMILES string of the molecule is C#Cc1cncc(C(=N)C(C)C)c1. The Balaban J connectivity index is 3.04. The quantitative estimate of drug-likeness (QED) is 0.538. The molecule has 0 bridgehead atoms. The van der Waals surface area contributed by atoms with Gasteiger partial charge in [-0.15, -0.1) is 6.42 Å². The van der Waals surface area contributed by atoms with Crippen LogP contribution in [0.15, 0.2) is 18.5 Å². The fourth-order valence-electron chi connectivity index (χ4n) is 0.999. The van der Waals surface area contributed by atoms with Crippen molar-refractivity contribution in [2.45, 2.75) is 13.8 Å². The second-order valence-corrected chi connectivity index (χ2v) is 3.18. The van der Waals surface area contributed by atoms with Gasteiger partial charge in [0, 0.05) is 29.2 Å². The van der Waals surface area contributed by atoms with Crippen molar-refractivity contribution in [3.63, 3.8) is 0 Å². The van der Waals surface area contributed by atoms with E-state index in [4.69, 9.17) is 11.8 Å². The van der Waals surface area contributed by atoms with Crippen molar-refractivity contribution in [1.29, 1.82) is 5.41 Å². The Labute approximate surface area is 78.5 Å². The molecule has 0 aliphatic heterocycles. The van der Waals surface area contributed by atoms with E-state index in [1.807, 2.05) is 19.9 Å². The Kier molecular flexibility index (Phi) is 2.81. The number of hydrogen-bond acceptors (Lipinski definition) is 2. The summed E-state index contributed by atoms with van der Waals surface area (Å²) in [5, 5.41) is 7.75. The van der Waals surface area contributed by atoms with Gasteiger partial charge >= 0.3 is 0 Å². The van der Waals surface area contributed by atoms with E-state index < -0.39 is 0 Å². The molecular formula is C11H12N2. The first-order valence-corrected chi connectivity index (χ1v) is 4.15. The highest BCUT2D eigenvalue weighted by molar-refractivity contribution is 5.99. The number of hydrogen-bond donors (Lipinski definition) is 1. The first kappa shape index (κ1) is 9.47. The van der Waals surface area contributed by atoms with E-state index in [1.54, 1.807) is 12.4 Å². The molecule has 13 heavy (non-hydrogen) atoms. The van der Waals surface area contributed by atoms with E-state index in [1.165, 1.54) is 0 Å². The van der Waals surface area contributed by atoms with Crippen molar-refractivity contribution < 1.29 is 0 Å². The highest BCUT2D eigenvalue weighted by atomic mass is 14.6. The van der Waals surface area contributed by atoms with Crippen molar-refractivity contribution in [1.82, 2.24) is 4.98 Å². The Morgan fingerprint density at radius 2 is 2.23 bits per heavy atom. The lowest BCUT2D eigenvalue weighted by molar-refractivity contribution is 0.876. The Morgan fingerprint density at radius 1 is 1.54 bits per heavy atom. The zero-order chi connectivity index (χ0) is 9.84. The molecule has 2 heteroatoms. The lowest BCUT2D eigenvalue weighted by Crippen LogP contribution is -2.07. The maximum Gasteiger partial charge on any atom is 0.0432 e. The van der Waals surface area contributed by atoms with Crippen LogP contribution in [0.4, 0.5) is 0 Å². The zero-order valence-electron chi connectivity index (χ0n) is 7.83. The average molecular weight is 172 g/mol. The summed E-state index contributed by atoms with van der Waals surface area (Å²) < 4.78 is 0. The summed E-state index contributed by atoms with van der Waals surface area (Å²) in [4.78, 5) is 3.98. The van der Waals surface area contributed by atoms with Crippen molar-refractivity contribution in [2.24, 2.45) is 5.92 Å². The van der Waals surface area contributed by atoms with Crippen molar-refractivity contribution in [3.8, 4) is 12.3 Å². The summed E-state index contributed by atoms with van der Waals surface area (Å²) in [6, 6.07) is 1.81. The molecule has 0 atom stereocenters. The van der Waals surface area contributed by atoms with E-state index in [-0.39, 0.29) is 5.92 Å². The van der Waals surface area contributed by atoms with Gasteiger partial charge in [-0.3, -0.25) is 4.98 Å². The summed E-state index contributed by atoms with van der Waals surface area (Å²) in [5.41, 5.74) is 2.11. The van der Waals surface area contributed by atoms with Crippen LogP contribution in [0.2, 0.25) is 0 Å². The molecule has 0 spiro atoms. The standard InChI is InChI=1S/C11H12N2/c1-4-9-5-10(7-13-6-9)11(12)8(2)3/h1,5-8,12H,2-3H3. The second kappa shape index (κ2) is 3.86. The van der Waals surface area contributed by atoms with Gasteiger partial charge in [0.1, 0.15) is 0 Å². The molecule has 0 radical (unpaired) electrons. The van der Waals surface area contributed by atoms with Crippen LogP contribution in [0.5, 0.6) is 0 Å². The smallest absolute Gasteiger partial charge is 0.0432 e. The van der Waals surface area contributed by atoms with Crippen molar-refractivity contribution in [2.75, 3.05) is 0 Å². The van der Waals surface area contributed by atoms with Crippen molar-refractivity contribution in [3.05, 3.63) is 29.6 Å². The fraction of sp³-hybridized carbons (Fsp3) is 0.273. The molecule has 1 aromatic heterocycles. The molecule has 1 aromatic rings. The van der Waals surface area contributed by atoms with Crippen LogP contribution in [0.25, 0.3) is 0 Å². The van der Waals surface area contributed by atoms with Gasteiger partial charge in [-0.1, -0.05) is 19.8 Å². The molecule has 1 rings (SSSR count). The maximum absolute atomic E-state index is 7.75. The normalized spacial score (nSPS) is 9.69. The molecule has 0 saturated carbocycles. The number of nitrogens with one attached hydrogen (secondary N) is 1. The second-order valence-electron chi connectivity index (χ2n) is 3.18. The van der Waals surface area contributed by atoms with Crippen LogP contribution in [0.3, 0.4) is 0 Å². The largest absolute Gasteiger partial charge is 0.304 e. The topological polar surface area (TPSA) is 36.7 Å². The van der Waals surface area contributed by atoms with Gasteiger partial charge < -0.3 is 5.41 Å². The van der Waals surface area contributed by atoms with Gasteiger partial charge in [-0.25, -0.2) is 0 Å². The summed E-state index contributed by atoms with van der Waals surface area (Å²) in [5.74, 6) is 2.71. The van der Waals surface area contributed by atoms with Crippen LogP contribution in [-0.2, 0) is 0 Å². The van der Waals surface area contributed by atoms with Crippen LogP contribution < -0.4 is 0 Å². The third-order valence-corrected chi connectivity index (χ3v) is 1.79. The minimum absolute atomic E-state index is 0.204. The predicted molar refractivity (Wildman–Crippen MR) is 53.8 cm³/mol. The molecule has 0 unspecified atom stereocenters. The number of terminal acetylenes is 1. The average Bonchev–Trinajstić information content (AvgIpc) is 2.16. The Bertz CT molecular complexity index is 359.